The number of aryl methyl sites for hydroxylation is 2. The number of aromatic nitrogens is 2. The molecular weight excluding hydrogens is 273 g/mol. The summed E-state index contributed by atoms with van der Waals surface area (Å²) in [5.41, 5.74) is 2.09. The van der Waals surface area contributed by atoms with Crippen LogP contribution < -0.4 is 10.1 Å². The molecule has 0 radical (unpaired) electrons. The maximum Gasteiger partial charge on any atom is 0.258 e. The van der Waals surface area contributed by atoms with Crippen molar-refractivity contribution in [2.24, 2.45) is 0 Å². The Morgan fingerprint density at radius 3 is 2.95 bits per heavy atom. The molecule has 112 valence electrons. The Kier molecular flexibility index (Phi) is 4.92. The molecule has 1 aromatic carbocycles. The second-order valence-corrected chi connectivity index (χ2v) is 4.70. The van der Waals surface area contributed by atoms with Crippen LogP contribution in [0.15, 0.2) is 24.4 Å². The number of rotatable bonds is 6. The molecule has 0 bridgehead atoms. The Morgan fingerprint density at radius 1 is 1.48 bits per heavy atom. The number of halogens is 1. The number of carbonyl (C=O) groups excluding carboxylic acids is 1. The molecule has 1 amide bonds. The second kappa shape index (κ2) is 6.88. The summed E-state index contributed by atoms with van der Waals surface area (Å²) in [5.74, 6) is -0.815. The maximum absolute atomic E-state index is 13.7. The first kappa shape index (κ1) is 15.0. The summed E-state index contributed by atoms with van der Waals surface area (Å²) in [4.78, 5) is 12.0. The quantitative estimate of drug-likeness (QED) is 0.802. The SMILES string of the molecule is COc1cccc(F)c1C(=O)NCCCc1cn[nH]c1C. The zero-order valence-electron chi connectivity index (χ0n) is 12.1. The summed E-state index contributed by atoms with van der Waals surface area (Å²) in [6.07, 6.45) is 3.33. The molecule has 0 aliphatic rings. The van der Waals surface area contributed by atoms with E-state index in [2.05, 4.69) is 15.5 Å². The molecule has 2 aromatic rings. The largest absolute Gasteiger partial charge is 0.496 e. The van der Waals surface area contributed by atoms with Crippen LogP contribution in [0.3, 0.4) is 0 Å². The number of aromatic amines is 1. The van der Waals surface area contributed by atoms with Crippen LogP contribution in [-0.4, -0.2) is 29.8 Å². The van der Waals surface area contributed by atoms with Crippen molar-refractivity contribution in [3.05, 3.63) is 47.0 Å². The fraction of sp³-hybridized carbons (Fsp3) is 0.333. The number of H-pyrrole nitrogens is 1. The number of amides is 1. The predicted molar refractivity (Wildman–Crippen MR) is 76.9 cm³/mol. The highest BCUT2D eigenvalue weighted by Gasteiger charge is 2.16. The molecule has 1 heterocycles. The summed E-state index contributed by atoms with van der Waals surface area (Å²) in [6, 6.07) is 4.31. The van der Waals surface area contributed by atoms with Crippen LogP contribution in [0.5, 0.6) is 5.75 Å². The first-order valence-corrected chi connectivity index (χ1v) is 6.73. The van der Waals surface area contributed by atoms with Crippen LogP contribution in [0, 0.1) is 12.7 Å². The maximum atomic E-state index is 13.7. The third-order valence-electron chi connectivity index (χ3n) is 3.27. The Hall–Kier alpha value is -2.37. The molecule has 2 N–H and O–H groups in total. The van der Waals surface area contributed by atoms with Gasteiger partial charge >= 0.3 is 0 Å². The van der Waals surface area contributed by atoms with Gasteiger partial charge in [0.2, 0.25) is 0 Å². The van der Waals surface area contributed by atoms with E-state index in [9.17, 15) is 9.18 Å². The van der Waals surface area contributed by atoms with E-state index in [1.54, 1.807) is 12.3 Å². The fourth-order valence-electron chi connectivity index (χ4n) is 2.09. The molecule has 0 atom stereocenters. The lowest BCUT2D eigenvalue weighted by Gasteiger charge is -2.10. The molecule has 6 heteroatoms. The minimum absolute atomic E-state index is 0.0560. The van der Waals surface area contributed by atoms with E-state index in [0.29, 0.717) is 6.54 Å². The van der Waals surface area contributed by atoms with E-state index in [4.69, 9.17) is 4.74 Å². The Morgan fingerprint density at radius 2 is 2.29 bits per heavy atom. The molecule has 0 fully saturated rings. The molecule has 2 rings (SSSR count). The van der Waals surface area contributed by atoms with Gasteiger partial charge in [0.25, 0.3) is 5.91 Å². The van der Waals surface area contributed by atoms with Gasteiger partial charge in [-0.25, -0.2) is 4.39 Å². The highest BCUT2D eigenvalue weighted by molar-refractivity contribution is 5.97. The van der Waals surface area contributed by atoms with Crippen molar-refractivity contribution in [1.29, 1.82) is 0 Å². The molecule has 0 saturated heterocycles. The van der Waals surface area contributed by atoms with Crippen LogP contribution in [0.1, 0.15) is 28.0 Å². The van der Waals surface area contributed by atoms with E-state index in [1.807, 2.05) is 6.92 Å². The molecule has 0 aliphatic carbocycles. The van der Waals surface area contributed by atoms with Crippen LogP contribution in [-0.2, 0) is 6.42 Å². The van der Waals surface area contributed by atoms with Crippen LogP contribution in [0.2, 0.25) is 0 Å². The summed E-state index contributed by atoms with van der Waals surface area (Å²) in [7, 11) is 1.41. The highest BCUT2D eigenvalue weighted by atomic mass is 19.1. The number of methoxy groups -OCH3 is 1. The average molecular weight is 291 g/mol. The molecule has 21 heavy (non-hydrogen) atoms. The van der Waals surface area contributed by atoms with Gasteiger partial charge in [-0.3, -0.25) is 9.89 Å². The standard InChI is InChI=1S/C15H18FN3O2/c1-10-11(9-18-19-10)5-4-8-17-15(20)14-12(16)6-3-7-13(14)21-2/h3,6-7,9H,4-5,8H2,1-2H3,(H,17,20)(H,18,19). The second-order valence-electron chi connectivity index (χ2n) is 4.70. The third kappa shape index (κ3) is 3.59. The summed E-state index contributed by atoms with van der Waals surface area (Å²) in [5, 5.41) is 9.51. The molecular formula is C15H18FN3O2. The Balaban J connectivity index is 1.89. The molecule has 0 unspecified atom stereocenters. The molecule has 0 aliphatic heterocycles. The summed E-state index contributed by atoms with van der Waals surface area (Å²) in [6.45, 7) is 2.41. The minimum Gasteiger partial charge on any atom is -0.496 e. The van der Waals surface area contributed by atoms with Gasteiger partial charge in [0, 0.05) is 12.2 Å². The van der Waals surface area contributed by atoms with Gasteiger partial charge in [-0.2, -0.15) is 5.10 Å². The fourth-order valence-corrected chi connectivity index (χ4v) is 2.09. The number of hydrogen-bond donors (Lipinski definition) is 2. The first-order chi connectivity index (χ1) is 10.1. The summed E-state index contributed by atoms with van der Waals surface area (Å²) < 4.78 is 18.7. The smallest absolute Gasteiger partial charge is 0.258 e. The highest BCUT2D eigenvalue weighted by Crippen LogP contribution is 2.20. The molecule has 5 nitrogen and oxygen atoms in total. The number of nitrogens with zero attached hydrogens (tertiary/aromatic N) is 1. The lowest BCUT2D eigenvalue weighted by atomic mass is 10.1. The monoisotopic (exact) mass is 291 g/mol. The average Bonchev–Trinajstić information content (AvgIpc) is 2.88. The predicted octanol–water partition coefficient (Wildman–Crippen LogP) is 2.23. The molecule has 0 spiro atoms. The van der Waals surface area contributed by atoms with E-state index in [0.717, 1.165) is 24.1 Å². The molecule has 0 saturated carbocycles. The van der Waals surface area contributed by atoms with Gasteiger partial charge in [0.15, 0.2) is 0 Å². The number of benzene rings is 1. The first-order valence-electron chi connectivity index (χ1n) is 6.73. The van der Waals surface area contributed by atoms with Gasteiger partial charge in [-0.05, 0) is 37.5 Å². The van der Waals surface area contributed by atoms with E-state index >= 15 is 0 Å². The lowest BCUT2D eigenvalue weighted by Crippen LogP contribution is -2.26. The van der Waals surface area contributed by atoms with Gasteiger partial charge in [-0.15, -0.1) is 0 Å². The number of nitrogens with one attached hydrogen (secondary N) is 2. The van der Waals surface area contributed by atoms with Crippen molar-refractivity contribution in [2.45, 2.75) is 19.8 Å². The van der Waals surface area contributed by atoms with Crippen molar-refractivity contribution in [2.75, 3.05) is 13.7 Å². The van der Waals surface area contributed by atoms with Crippen molar-refractivity contribution >= 4 is 5.91 Å². The van der Waals surface area contributed by atoms with E-state index < -0.39 is 11.7 Å². The topological polar surface area (TPSA) is 67.0 Å². The van der Waals surface area contributed by atoms with Crippen molar-refractivity contribution in [3.63, 3.8) is 0 Å². The number of carbonyl (C=O) groups is 1. The summed E-state index contributed by atoms with van der Waals surface area (Å²) >= 11 is 0. The normalized spacial score (nSPS) is 10.4. The van der Waals surface area contributed by atoms with Crippen LogP contribution in [0.4, 0.5) is 4.39 Å². The van der Waals surface area contributed by atoms with Crippen LogP contribution in [0.25, 0.3) is 0 Å². The lowest BCUT2D eigenvalue weighted by molar-refractivity contribution is 0.0946. The van der Waals surface area contributed by atoms with Gasteiger partial charge in [-0.1, -0.05) is 6.07 Å². The van der Waals surface area contributed by atoms with E-state index in [1.165, 1.54) is 19.2 Å². The van der Waals surface area contributed by atoms with Gasteiger partial charge in [0.05, 0.1) is 13.3 Å². The molecule has 1 aromatic heterocycles. The van der Waals surface area contributed by atoms with Crippen molar-refractivity contribution < 1.29 is 13.9 Å². The zero-order valence-corrected chi connectivity index (χ0v) is 12.1. The van der Waals surface area contributed by atoms with E-state index in [-0.39, 0.29) is 11.3 Å². The van der Waals surface area contributed by atoms with Gasteiger partial charge < -0.3 is 10.1 Å². The van der Waals surface area contributed by atoms with Crippen molar-refractivity contribution in [1.82, 2.24) is 15.5 Å². The number of ether oxygens (including phenoxy) is 1. The van der Waals surface area contributed by atoms with Crippen molar-refractivity contribution in [3.8, 4) is 5.75 Å². The minimum atomic E-state index is -0.586. The van der Waals surface area contributed by atoms with Crippen LogP contribution >= 0.6 is 0 Å². The number of hydrogen-bond acceptors (Lipinski definition) is 3. The Labute approximate surface area is 122 Å². The third-order valence-corrected chi connectivity index (χ3v) is 3.27. The Bertz CT molecular complexity index is 625. The zero-order chi connectivity index (χ0) is 15.2. The van der Waals surface area contributed by atoms with Gasteiger partial charge in [0.1, 0.15) is 17.1 Å².